The van der Waals surface area contributed by atoms with Gasteiger partial charge in [0.15, 0.2) is 5.78 Å². The lowest BCUT2D eigenvalue weighted by atomic mass is 9.92. The van der Waals surface area contributed by atoms with E-state index in [1.165, 1.54) is 24.3 Å². The van der Waals surface area contributed by atoms with Gasteiger partial charge in [0.1, 0.15) is 5.75 Å². The van der Waals surface area contributed by atoms with Crippen LogP contribution in [0.25, 0.3) is 0 Å². The van der Waals surface area contributed by atoms with Gasteiger partial charge in [0.05, 0.1) is 5.54 Å². The lowest BCUT2D eigenvalue weighted by molar-refractivity contribution is -0.274. The Hall–Kier alpha value is -1.56. The van der Waals surface area contributed by atoms with Crippen LogP contribution in [0.5, 0.6) is 5.75 Å². The van der Waals surface area contributed by atoms with Crippen LogP contribution in [0.1, 0.15) is 19.4 Å². The minimum Gasteiger partial charge on any atom is -0.406 e. The highest BCUT2D eigenvalue weighted by Gasteiger charge is 2.31. The molecule has 0 spiro atoms. The van der Waals surface area contributed by atoms with Gasteiger partial charge in [-0.25, -0.2) is 0 Å². The standard InChI is InChI=1S/C14H18F3NO2/c1-13(2,18(3)4)12(19)9-10-5-7-11(8-6-10)20-14(15,16)17/h5-8H,9H2,1-4H3. The fourth-order valence-corrected chi connectivity index (χ4v) is 1.46. The van der Waals surface area contributed by atoms with E-state index >= 15 is 0 Å². The molecule has 0 saturated heterocycles. The van der Waals surface area contributed by atoms with Crippen LogP contribution in [-0.2, 0) is 11.2 Å². The van der Waals surface area contributed by atoms with Crippen LogP contribution in [0, 0.1) is 0 Å². The molecule has 0 atom stereocenters. The van der Waals surface area contributed by atoms with Gasteiger partial charge < -0.3 is 4.74 Å². The number of Topliss-reactive ketones (excluding diaryl/α,β-unsaturated/α-hetero) is 1. The van der Waals surface area contributed by atoms with Gasteiger partial charge in [0.2, 0.25) is 0 Å². The zero-order valence-corrected chi connectivity index (χ0v) is 11.9. The van der Waals surface area contributed by atoms with Gasteiger partial charge in [-0.3, -0.25) is 9.69 Å². The van der Waals surface area contributed by atoms with Gasteiger partial charge in [0, 0.05) is 6.42 Å². The van der Waals surface area contributed by atoms with Gasteiger partial charge in [-0.05, 0) is 45.6 Å². The summed E-state index contributed by atoms with van der Waals surface area (Å²) in [5, 5.41) is 0. The summed E-state index contributed by atoms with van der Waals surface area (Å²) < 4.78 is 39.8. The van der Waals surface area contributed by atoms with E-state index < -0.39 is 11.9 Å². The number of rotatable bonds is 5. The van der Waals surface area contributed by atoms with Crippen molar-refractivity contribution < 1.29 is 22.7 Å². The molecule has 112 valence electrons. The molecule has 0 saturated carbocycles. The predicted octanol–water partition coefficient (Wildman–Crippen LogP) is 3.04. The quantitative estimate of drug-likeness (QED) is 0.834. The molecule has 0 N–H and O–H groups in total. The first kappa shape index (κ1) is 16.5. The van der Waals surface area contributed by atoms with Gasteiger partial charge in [0.25, 0.3) is 0 Å². The second kappa shape index (κ2) is 5.83. The van der Waals surface area contributed by atoms with Crippen molar-refractivity contribution in [1.29, 1.82) is 0 Å². The van der Waals surface area contributed by atoms with E-state index in [2.05, 4.69) is 4.74 Å². The van der Waals surface area contributed by atoms with Crippen molar-refractivity contribution in [2.24, 2.45) is 0 Å². The number of ketones is 1. The highest BCUT2D eigenvalue weighted by molar-refractivity contribution is 5.89. The molecule has 0 heterocycles. The van der Waals surface area contributed by atoms with Crippen molar-refractivity contribution in [3.8, 4) is 5.75 Å². The average Bonchev–Trinajstić information content (AvgIpc) is 2.29. The minimum atomic E-state index is -4.70. The molecule has 0 fully saturated rings. The second-order valence-electron chi connectivity index (χ2n) is 5.25. The summed E-state index contributed by atoms with van der Waals surface area (Å²) in [5.74, 6) is -0.299. The van der Waals surface area contributed by atoms with E-state index in [0.717, 1.165) is 0 Å². The van der Waals surface area contributed by atoms with E-state index in [4.69, 9.17) is 0 Å². The maximum atomic E-state index is 12.1. The number of hydrogen-bond acceptors (Lipinski definition) is 3. The zero-order valence-electron chi connectivity index (χ0n) is 11.9. The van der Waals surface area contributed by atoms with Crippen LogP contribution in [0.4, 0.5) is 13.2 Å². The maximum absolute atomic E-state index is 12.1. The number of nitrogens with zero attached hydrogens (tertiary/aromatic N) is 1. The Morgan fingerprint density at radius 1 is 1.15 bits per heavy atom. The fourth-order valence-electron chi connectivity index (χ4n) is 1.46. The van der Waals surface area contributed by atoms with Gasteiger partial charge in [-0.1, -0.05) is 12.1 Å². The fraction of sp³-hybridized carbons (Fsp3) is 0.500. The van der Waals surface area contributed by atoms with Crippen molar-refractivity contribution in [1.82, 2.24) is 4.90 Å². The summed E-state index contributed by atoms with van der Waals surface area (Å²) in [6.45, 7) is 3.60. The zero-order chi connectivity index (χ0) is 15.6. The number of carbonyl (C=O) groups is 1. The summed E-state index contributed by atoms with van der Waals surface area (Å²) in [4.78, 5) is 13.9. The molecule has 1 aromatic carbocycles. The van der Waals surface area contributed by atoms with Gasteiger partial charge in [-0.15, -0.1) is 13.2 Å². The SMILES string of the molecule is CN(C)C(C)(C)C(=O)Cc1ccc(OC(F)(F)F)cc1. The molecule has 0 unspecified atom stereocenters. The number of alkyl halides is 3. The molecule has 0 aliphatic rings. The number of hydrogen-bond donors (Lipinski definition) is 0. The molecule has 0 aromatic heterocycles. The molecule has 6 heteroatoms. The maximum Gasteiger partial charge on any atom is 0.573 e. The first-order chi connectivity index (χ1) is 9.02. The molecule has 1 aromatic rings. The van der Waals surface area contributed by atoms with Crippen molar-refractivity contribution in [3.05, 3.63) is 29.8 Å². The highest BCUT2D eigenvalue weighted by atomic mass is 19.4. The third-order valence-electron chi connectivity index (χ3n) is 3.32. The number of carbonyl (C=O) groups excluding carboxylic acids is 1. The Morgan fingerprint density at radius 3 is 2.05 bits per heavy atom. The van der Waals surface area contributed by atoms with Crippen LogP contribution >= 0.6 is 0 Å². The van der Waals surface area contributed by atoms with Crippen LogP contribution in [-0.4, -0.2) is 36.7 Å². The Bertz CT molecular complexity index is 464. The summed E-state index contributed by atoms with van der Waals surface area (Å²) in [6.07, 6.45) is -4.54. The van der Waals surface area contributed by atoms with Crippen LogP contribution in [0.15, 0.2) is 24.3 Å². The molecule has 0 aliphatic heterocycles. The summed E-state index contributed by atoms with van der Waals surface area (Å²) in [5.41, 5.74) is 0.0284. The number of likely N-dealkylation sites (N-methyl/N-ethyl adjacent to an activating group) is 1. The Balaban J connectivity index is 2.74. The molecule has 1 rings (SSSR count). The first-order valence-corrected chi connectivity index (χ1v) is 6.08. The molecule has 20 heavy (non-hydrogen) atoms. The van der Waals surface area contributed by atoms with Crippen LogP contribution < -0.4 is 4.74 Å². The monoisotopic (exact) mass is 289 g/mol. The summed E-state index contributed by atoms with van der Waals surface area (Å²) in [6, 6.07) is 5.34. The lowest BCUT2D eigenvalue weighted by Gasteiger charge is -2.30. The third kappa shape index (κ3) is 4.52. The molecule has 0 amide bonds. The van der Waals surface area contributed by atoms with E-state index in [0.29, 0.717) is 5.56 Å². The van der Waals surface area contributed by atoms with Crippen molar-refractivity contribution in [3.63, 3.8) is 0 Å². The van der Waals surface area contributed by atoms with Gasteiger partial charge in [-0.2, -0.15) is 0 Å². The van der Waals surface area contributed by atoms with E-state index in [1.807, 2.05) is 0 Å². The summed E-state index contributed by atoms with van der Waals surface area (Å²) >= 11 is 0. The van der Waals surface area contributed by atoms with Crippen LogP contribution in [0.3, 0.4) is 0 Å². The van der Waals surface area contributed by atoms with Crippen molar-refractivity contribution in [2.45, 2.75) is 32.2 Å². The molecular formula is C14H18F3NO2. The molecule has 0 radical (unpaired) electrons. The minimum absolute atomic E-state index is 0.00742. The number of halogens is 3. The smallest absolute Gasteiger partial charge is 0.406 e. The molecule has 0 bridgehead atoms. The Morgan fingerprint density at radius 2 is 1.65 bits per heavy atom. The summed E-state index contributed by atoms with van der Waals surface area (Å²) in [7, 11) is 3.61. The van der Waals surface area contributed by atoms with E-state index in [9.17, 15) is 18.0 Å². The normalized spacial score (nSPS) is 12.6. The third-order valence-corrected chi connectivity index (χ3v) is 3.32. The Labute approximate surface area is 116 Å². The van der Waals surface area contributed by atoms with E-state index in [1.54, 1.807) is 32.8 Å². The number of benzene rings is 1. The second-order valence-corrected chi connectivity index (χ2v) is 5.25. The van der Waals surface area contributed by atoms with Gasteiger partial charge >= 0.3 is 6.36 Å². The lowest BCUT2D eigenvalue weighted by Crippen LogP contribution is -2.46. The predicted molar refractivity (Wildman–Crippen MR) is 69.6 cm³/mol. The Kier molecular flexibility index (Phi) is 4.81. The first-order valence-electron chi connectivity index (χ1n) is 6.08. The molecule has 0 aliphatic carbocycles. The molecular weight excluding hydrogens is 271 g/mol. The van der Waals surface area contributed by atoms with Crippen molar-refractivity contribution >= 4 is 5.78 Å². The topological polar surface area (TPSA) is 29.5 Å². The van der Waals surface area contributed by atoms with E-state index in [-0.39, 0.29) is 18.0 Å². The highest BCUT2D eigenvalue weighted by Crippen LogP contribution is 2.23. The largest absolute Gasteiger partial charge is 0.573 e. The van der Waals surface area contributed by atoms with Crippen LogP contribution in [0.2, 0.25) is 0 Å². The average molecular weight is 289 g/mol. The van der Waals surface area contributed by atoms with Crippen molar-refractivity contribution in [2.75, 3.05) is 14.1 Å². The molecule has 3 nitrogen and oxygen atoms in total. The number of ether oxygens (including phenoxy) is 1.